The SMILES string of the molecule is Cc1cc(F)cc(CC(C)(N)C(F)F)c1. The summed E-state index contributed by atoms with van der Waals surface area (Å²) in [6.45, 7) is 2.97. The van der Waals surface area contributed by atoms with Crippen molar-refractivity contribution >= 4 is 0 Å². The number of aryl methyl sites for hydroxylation is 1. The van der Waals surface area contributed by atoms with Crippen molar-refractivity contribution in [2.24, 2.45) is 5.73 Å². The minimum atomic E-state index is -2.62. The van der Waals surface area contributed by atoms with Gasteiger partial charge in [0, 0.05) is 0 Å². The first-order chi connectivity index (χ1) is 6.81. The molecular weight excluding hydrogens is 203 g/mol. The van der Waals surface area contributed by atoms with E-state index in [0.717, 1.165) is 0 Å². The van der Waals surface area contributed by atoms with Crippen LogP contribution in [-0.4, -0.2) is 12.0 Å². The average molecular weight is 217 g/mol. The molecule has 0 saturated heterocycles. The molecule has 0 aliphatic heterocycles. The summed E-state index contributed by atoms with van der Waals surface area (Å²) in [6, 6.07) is 4.25. The van der Waals surface area contributed by atoms with Gasteiger partial charge in [-0.05, 0) is 43.5 Å². The van der Waals surface area contributed by atoms with Gasteiger partial charge in [0.15, 0.2) is 0 Å². The molecule has 1 aromatic carbocycles. The van der Waals surface area contributed by atoms with Crippen LogP contribution in [0.3, 0.4) is 0 Å². The fourth-order valence-corrected chi connectivity index (χ4v) is 1.43. The molecule has 4 heteroatoms. The molecule has 0 radical (unpaired) electrons. The number of alkyl halides is 2. The molecule has 1 atom stereocenters. The monoisotopic (exact) mass is 217 g/mol. The third kappa shape index (κ3) is 3.23. The van der Waals surface area contributed by atoms with Crippen LogP contribution < -0.4 is 5.73 Å². The Bertz CT molecular complexity index is 327. The molecule has 0 bridgehead atoms. The third-order valence-corrected chi connectivity index (χ3v) is 2.19. The predicted molar refractivity (Wildman–Crippen MR) is 53.4 cm³/mol. The lowest BCUT2D eigenvalue weighted by Crippen LogP contribution is -2.45. The molecule has 0 spiro atoms. The molecule has 0 aliphatic rings. The summed E-state index contributed by atoms with van der Waals surface area (Å²) in [5, 5.41) is 0. The quantitative estimate of drug-likeness (QED) is 0.827. The highest BCUT2D eigenvalue weighted by Gasteiger charge is 2.30. The van der Waals surface area contributed by atoms with Crippen molar-refractivity contribution < 1.29 is 13.2 Å². The van der Waals surface area contributed by atoms with Crippen molar-refractivity contribution in [1.82, 2.24) is 0 Å². The molecule has 1 rings (SSSR count). The average Bonchev–Trinajstić information content (AvgIpc) is 1.99. The molecule has 0 saturated carbocycles. The maximum Gasteiger partial charge on any atom is 0.256 e. The Balaban J connectivity index is 2.89. The predicted octanol–water partition coefficient (Wildman–Crippen LogP) is 2.66. The molecule has 15 heavy (non-hydrogen) atoms. The van der Waals surface area contributed by atoms with Gasteiger partial charge in [-0.25, -0.2) is 13.2 Å². The Labute approximate surface area is 87.1 Å². The van der Waals surface area contributed by atoms with Crippen molar-refractivity contribution in [3.05, 3.63) is 35.1 Å². The van der Waals surface area contributed by atoms with Gasteiger partial charge in [-0.1, -0.05) is 6.07 Å². The molecule has 1 unspecified atom stereocenters. The first-order valence-corrected chi connectivity index (χ1v) is 4.64. The molecule has 0 aromatic heterocycles. The van der Waals surface area contributed by atoms with Crippen LogP contribution in [0.4, 0.5) is 13.2 Å². The zero-order chi connectivity index (χ0) is 11.6. The van der Waals surface area contributed by atoms with Crippen LogP contribution in [-0.2, 0) is 6.42 Å². The van der Waals surface area contributed by atoms with Crippen LogP contribution in [0.2, 0.25) is 0 Å². The maximum absolute atomic E-state index is 13.0. The fourth-order valence-electron chi connectivity index (χ4n) is 1.43. The van der Waals surface area contributed by atoms with E-state index in [1.807, 2.05) is 0 Å². The van der Waals surface area contributed by atoms with Gasteiger partial charge in [-0.3, -0.25) is 0 Å². The molecular formula is C11H14F3N. The molecule has 0 heterocycles. The van der Waals surface area contributed by atoms with E-state index in [9.17, 15) is 13.2 Å². The summed E-state index contributed by atoms with van der Waals surface area (Å²) in [7, 11) is 0. The van der Waals surface area contributed by atoms with Crippen LogP contribution >= 0.6 is 0 Å². The van der Waals surface area contributed by atoms with Crippen LogP contribution in [0.25, 0.3) is 0 Å². The number of hydrogen-bond donors (Lipinski definition) is 1. The van der Waals surface area contributed by atoms with E-state index in [1.54, 1.807) is 13.0 Å². The summed E-state index contributed by atoms with van der Waals surface area (Å²) >= 11 is 0. The van der Waals surface area contributed by atoms with Crippen molar-refractivity contribution in [1.29, 1.82) is 0 Å². The van der Waals surface area contributed by atoms with E-state index in [1.165, 1.54) is 19.1 Å². The standard InChI is InChI=1S/C11H14F3N/c1-7-3-8(5-9(12)4-7)6-11(2,15)10(13)14/h3-5,10H,6,15H2,1-2H3. The van der Waals surface area contributed by atoms with E-state index in [4.69, 9.17) is 5.73 Å². The minimum Gasteiger partial charge on any atom is -0.320 e. The number of halogens is 3. The topological polar surface area (TPSA) is 26.0 Å². The highest BCUT2D eigenvalue weighted by Crippen LogP contribution is 2.19. The van der Waals surface area contributed by atoms with Gasteiger partial charge >= 0.3 is 0 Å². The lowest BCUT2D eigenvalue weighted by molar-refractivity contribution is 0.0639. The molecule has 0 fully saturated rings. The number of benzene rings is 1. The van der Waals surface area contributed by atoms with Gasteiger partial charge in [-0.15, -0.1) is 0 Å². The Morgan fingerprint density at radius 1 is 1.33 bits per heavy atom. The van der Waals surface area contributed by atoms with E-state index in [-0.39, 0.29) is 6.42 Å². The second-order valence-electron chi connectivity index (χ2n) is 4.12. The molecule has 0 amide bonds. The van der Waals surface area contributed by atoms with Crippen molar-refractivity contribution in [3.8, 4) is 0 Å². The van der Waals surface area contributed by atoms with Crippen molar-refractivity contribution in [3.63, 3.8) is 0 Å². The second-order valence-corrected chi connectivity index (χ2v) is 4.12. The normalized spacial score (nSPS) is 15.4. The highest BCUT2D eigenvalue weighted by atomic mass is 19.3. The third-order valence-electron chi connectivity index (χ3n) is 2.19. The summed E-state index contributed by atoms with van der Waals surface area (Å²) < 4.78 is 37.9. The Kier molecular flexibility index (Phi) is 3.39. The molecule has 1 aromatic rings. The summed E-state index contributed by atoms with van der Waals surface area (Å²) in [5.74, 6) is -0.421. The summed E-state index contributed by atoms with van der Waals surface area (Å²) in [4.78, 5) is 0. The maximum atomic E-state index is 13.0. The number of nitrogens with two attached hydrogens (primary N) is 1. The van der Waals surface area contributed by atoms with E-state index < -0.39 is 17.8 Å². The molecule has 84 valence electrons. The minimum absolute atomic E-state index is 0.0384. The highest BCUT2D eigenvalue weighted by molar-refractivity contribution is 5.25. The number of rotatable bonds is 3. The molecule has 0 aliphatic carbocycles. The molecule has 2 N–H and O–H groups in total. The Hall–Kier alpha value is -1.03. The Morgan fingerprint density at radius 3 is 2.40 bits per heavy atom. The Morgan fingerprint density at radius 2 is 1.93 bits per heavy atom. The van der Waals surface area contributed by atoms with Gasteiger partial charge in [0.2, 0.25) is 0 Å². The second kappa shape index (κ2) is 4.23. The first-order valence-electron chi connectivity index (χ1n) is 4.64. The van der Waals surface area contributed by atoms with Crippen molar-refractivity contribution in [2.45, 2.75) is 32.2 Å². The van der Waals surface area contributed by atoms with Gasteiger partial charge in [0.1, 0.15) is 5.82 Å². The van der Waals surface area contributed by atoms with Gasteiger partial charge in [0.05, 0.1) is 5.54 Å². The lowest BCUT2D eigenvalue weighted by Gasteiger charge is -2.23. The van der Waals surface area contributed by atoms with E-state index >= 15 is 0 Å². The van der Waals surface area contributed by atoms with Crippen LogP contribution in [0, 0.1) is 12.7 Å². The van der Waals surface area contributed by atoms with Crippen LogP contribution in [0.5, 0.6) is 0 Å². The fraction of sp³-hybridized carbons (Fsp3) is 0.455. The largest absolute Gasteiger partial charge is 0.320 e. The van der Waals surface area contributed by atoms with Gasteiger partial charge < -0.3 is 5.73 Å². The van der Waals surface area contributed by atoms with E-state index in [0.29, 0.717) is 11.1 Å². The zero-order valence-corrected chi connectivity index (χ0v) is 8.73. The zero-order valence-electron chi connectivity index (χ0n) is 8.73. The molecule has 1 nitrogen and oxygen atoms in total. The lowest BCUT2D eigenvalue weighted by atomic mass is 9.93. The first kappa shape index (κ1) is 12.0. The van der Waals surface area contributed by atoms with Crippen molar-refractivity contribution in [2.75, 3.05) is 0 Å². The van der Waals surface area contributed by atoms with Crippen LogP contribution in [0.1, 0.15) is 18.1 Å². The number of hydrogen-bond acceptors (Lipinski definition) is 1. The summed E-state index contributed by atoms with van der Waals surface area (Å²) in [6.07, 6.45) is -2.66. The summed E-state index contributed by atoms with van der Waals surface area (Å²) in [5.41, 5.74) is 5.01. The van der Waals surface area contributed by atoms with E-state index in [2.05, 4.69) is 0 Å². The smallest absolute Gasteiger partial charge is 0.256 e. The van der Waals surface area contributed by atoms with Gasteiger partial charge in [0.25, 0.3) is 6.43 Å². The van der Waals surface area contributed by atoms with Gasteiger partial charge in [-0.2, -0.15) is 0 Å². The van der Waals surface area contributed by atoms with Crippen LogP contribution in [0.15, 0.2) is 18.2 Å².